The Hall–Kier alpha value is -2.65. The van der Waals surface area contributed by atoms with E-state index in [-0.39, 0.29) is 34.8 Å². The van der Waals surface area contributed by atoms with Gasteiger partial charge in [0.2, 0.25) is 11.8 Å². The summed E-state index contributed by atoms with van der Waals surface area (Å²) in [5, 5.41) is 4.76. The van der Waals surface area contributed by atoms with Gasteiger partial charge < -0.3 is 19.9 Å². The van der Waals surface area contributed by atoms with Crippen molar-refractivity contribution in [3.63, 3.8) is 0 Å². The van der Waals surface area contributed by atoms with Gasteiger partial charge in [-0.1, -0.05) is 17.7 Å². The summed E-state index contributed by atoms with van der Waals surface area (Å²) in [7, 11) is 1.48. The van der Waals surface area contributed by atoms with E-state index in [1.54, 1.807) is 18.2 Å². The van der Waals surface area contributed by atoms with E-state index in [1.165, 1.54) is 18.4 Å². The average molecular weight is 477 g/mol. The number of aromatic nitrogens is 1. The van der Waals surface area contributed by atoms with Crippen molar-refractivity contribution in [2.45, 2.75) is 19.3 Å². The number of hydrogen-bond acceptors (Lipinski definition) is 6. The lowest BCUT2D eigenvalue weighted by atomic mass is 9.77. The molecule has 0 unspecified atom stereocenters. The van der Waals surface area contributed by atoms with Gasteiger partial charge in [-0.2, -0.15) is 0 Å². The van der Waals surface area contributed by atoms with Crippen LogP contribution in [0.1, 0.15) is 39.3 Å². The first-order valence-corrected chi connectivity index (χ1v) is 11.8. The molecule has 2 saturated heterocycles. The van der Waals surface area contributed by atoms with Gasteiger partial charge in [-0.05, 0) is 42.2 Å². The number of carbonyl (C=O) groups is 3. The van der Waals surface area contributed by atoms with Crippen LogP contribution in [-0.2, 0) is 4.79 Å². The second-order valence-corrected chi connectivity index (χ2v) is 9.57. The van der Waals surface area contributed by atoms with Gasteiger partial charge in [0.05, 0.1) is 18.5 Å². The van der Waals surface area contributed by atoms with E-state index in [9.17, 15) is 14.4 Å². The Morgan fingerprint density at radius 2 is 1.91 bits per heavy atom. The van der Waals surface area contributed by atoms with Gasteiger partial charge in [0.25, 0.3) is 11.8 Å². The highest BCUT2D eigenvalue weighted by molar-refractivity contribution is 7.12. The summed E-state index contributed by atoms with van der Waals surface area (Å²) in [6.07, 6.45) is 2.58. The maximum Gasteiger partial charge on any atom is 0.261 e. The van der Waals surface area contributed by atoms with E-state index < -0.39 is 0 Å². The highest BCUT2D eigenvalue weighted by atomic mass is 35.5. The van der Waals surface area contributed by atoms with Crippen LogP contribution in [0.4, 0.5) is 0 Å². The van der Waals surface area contributed by atoms with Crippen LogP contribution in [0.25, 0.3) is 0 Å². The second kappa shape index (κ2) is 9.46. The number of methoxy groups -OCH3 is 1. The van der Waals surface area contributed by atoms with Crippen molar-refractivity contribution in [1.82, 2.24) is 20.1 Å². The second-order valence-electron chi connectivity index (χ2n) is 8.24. The molecule has 0 saturated carbocycles. The molecule has 3 amide bonds. The maximum absolute atomic E-state index is 12.9. The highest BCUT2D eigenvalue weighted by Gasteiger charge is 2.42. The SMILES string of the molecule is COc1cc(C(=O)N2CCC3(CCN(C(=O)CNC(=O)c4cccs4)C3)CC2)cc(Cl)n1. The fourth-order valence-electron chi connectivity index (χ4n) is 4.39. The third kappa shape index (κ3) is 4.88. The summed E-state index contributed by atoms with van der Waals surface area (Å²) in [4.78, 5) is 45.9. The van der Waals surface area contributed by atoms with E-state index in [1.807, 2.05) is 21.2 Å². The summed E-state index contributed by atoms with van der Waals surface area (Å²) in [5.41, 5.74) is 0.486. The molecule has 1 spiro atoms. The quantitative estimate of drug-likeness (QED) is 0.670. The Morgan fingerprint density at radius 3 is 2.56 bits per heavy atom. The molecule has 32 heavy (non-hydrogen) atoms. The van der Waals surface area contributed by atoms with Gasteiger partial charge in [0.1, 0.15) is 5.15 Å². The minimum absolute atomic E-state index is 0.00204. The number of hydrogen-bond donors (Lipinski definition) is 1. The number of thiophene rings is 1. The standard InChI is InChI=1S/C22H25ClN4O4S/c1-31-18-12-15(11-17(23)25-18)21(30)26-7-4-22(5-8-26)6-9-27(14-22)19(28)13-24-20(29)16-3-2-10-32-16/h2-3,10-12H,4-9,13-14H2,1H3,(H,24,29). The number of nitrogens with one attached hydrogen (secondary N) is 1. The predicted molar refractivity (Wildman–Crippen MR) is 121 cm³/mol. The number of pyridine rings is 1. The van der Waals surface area contributed by atoms with Gasteiger partial charge in [-0.15, -0.1) is 11.3 Å². The van der Waals surface area contributed by atoms with E-state index in [0.717, 1.165) is 19.3 Å². The summed E-state index contributed by atoms with van der Waals surface area (Å²) >= 11 is 7.35. The number of piperidine rings is 1. The molecule has 2 aliphatic rings. The average Bonchev–Trinajstić information content (AvgIpc) is 3.48. The number of amides is 3. The zero-order chi connectivity index (χ0) is 22.7. The van der Waals surface area contributed by atoms with Crippen molar-refractivity contribution < 1.29 is 19.1 Å². The molecular formula is C22H25ClN4O4S. The summed E-state index contributed by atoms with van der Waals surface area (Å²) in [6.45, 7) is 2.59. The topological polar surface area (TPSA) is 91.8 Å². The molecule has 4 heterocycles. The minimum atomic E-state index is -0.220. The lowest BCUT2D eigenvalue weighted by molar-refractivity contribution is -0.129. The van der Waals surface area contributed by atoms with Gasteiger partial charge >= 0.3 is 0 Å². The zero-order valence-corrected chi connectivity index (χ0v) is 19.4. The summed E-state index contributed by atoms with van der Waals surface area (Å²) in [6, 6.07) is 6.69. The Kier molecular flexibility index (Phi) is 6.66. The van der Waals surface area contributed by atoms with Gasteiger partial charge in [0, 0.05) is 37.8 Å². The molecule has 10 heteroatoms. The summed E-state index contributed by atoms with van der Waals surface area (Å²) in [5.74, 6) is -0.0687. The molecule has 0 aromatic carbocycles. The van der Waals surface area contributed by atoms with Crippen LogP contribution in [0.5, 0.6) is 5.88 Å². The minimum Gasteiger partial charge on any atom is -0.481 e. The molecule has 170 valence electrons. The Bertz CT molecular complexity index is 1010. The lowest BCUT2D eigenvalue weighted by Crippen LogP contribution is -2.45. The van der Waals surface area contributed by atoms with Crippen LogP contribution in [-0.4, -0.2) is 72.3 Å². The fourth-order valence-corrected chi connectivity index (χ4v) is 5.23. The summed E-state index contributed by atoms with van der Waals surface area (Å²) < 4.78 is 5.11. The molecule has 2 aromatic heterocycles. The molecule has 2 aliphatic heterocycles. The van der Waals surface area contributed by atoms with Gasteiger partial charge in [-0.3, -0.25) is 14.4 Å². The van der Waals surface area contributed by atoms with Crippen LogP contribution in [0.3, 0.4) is 0 Å². The molecule has 0 radical (unpaired) electrons. The van der Waals surface area contributed by atoms with Gasteiger partial charge in [-0.25, -0.2) is 4.98 Å². The number of halogens is 1. The first-order valence-electron chi connectivity index (χ1n) is 10.5. The van der Waals surface area contributed by atoms with Crippen LogP contribution in [0.15, 0.2) is 29.6 Å². The third-order valence-corrected chi connectivity index (χ3v) is 7.34. The molecule has 2 aromatic rings. The fraction of sp³-hybridized carbons (Fsp3) is 0.455. The molecule has 0 aliphatic carbocycles. The molecule has 0 atom stereocenters. The van der Waals surface area contributed by atoms with Crippen LogP contribution in [0, 0.1) is 5.41 Å². The number of carbonyl (C=O) groups excluding carboxylic acids is 3. The monoisotopic (exact) mass is 476 g/mol. The van der Waals surface area contributed by atoms with E-state index in [4.69, 9.17) is 16.3 Å². The number of rotatable bonds is 5. The van der Waals surface area contributed by atoms with Crippen LogP contribution in [0.2, 0.25) is 5.15 Å². The largest absolute Gasteiger partial charge is 0.481 e. The van der Waals surface area contributed by atoms with Crippen molar-refractivity contribution in [2.75, 3.05) is 39.8 Å². The van der Waals surface area contributed by atoms with E-state index in [2.05, 4.69) is 10.3 Å². The van der Waals surface area contributed by atoms with Crippen molar-refractivity contribution in [3.8, 4) is 5.88 Å². The van der Waals surface area contributed by atoms with Crippen molar-refractivity contribution in [1.29, 1.82) is 0 Å². The molecule has 2 fully saturated rings. The molecule has 0 bridgehead atoms. The van der Waals surface area contributed by atoms with E-state index >= 15 is 0 Å². The number of likely N-dealkylation sites (tertiary alicyclic amines) is 2. The molecule has 4 rings (SSSR count). The number of ether oxygens (including phenoxy) is 1. The Balaban J connectivity index is 1.29. The highest BCUT2D eigenvalue weighted by Crippen LogP contribution is 2.40. The lowest BCUT2D eigenvalue weighted by Gasteiger charge is -2.39. The smallest absolute Gasteiger partial charge is 0.261 e. The first kappa shape index (κ1) is 22.5. The van der Waals surface area contributed by atoms with Crippen LogP contribution < -0.4 is 10.1 Å². The van der Waals surface area contributed by atoms with E-state index in [0.29, 0.717) is 42.5 Å². The van der Waals surface area contributed by atoms with Crippen molar-refractivity contribution in [2.24, 2.45) is 5.41 Å². The number of nitrogens with zero attached hydrogens (tertiary/aromatic N) is 3. The normalized spacial score (nSPS) is 17.4. The Morgan fingerprint density at radius 1 is 1.19 bits per heavy atom. The maximum atomic E-state index is 12.9. The van der Waals surface area contributed by atoms with Crippen molar-refractivity contribution in [3.05, 3.63) is 45.2 Å². The zero-order valence-electron chi connectivity index (χ0n) is 17.8. The molecular weight excluding hydrogens is 452 g/mol. The molecule has 8 nitrogen and oxygen atoms in total. The van der Waals surface area contributed by atoms with Gasteiger partial charge in [0.15, 0.2) is 0 Å². The van der Waals surface area contributed by atoms with Crippen molar-refractivity contribution >= 4 is 40.7 Å². The first-order chi connectivity index (χ1) is 15.4. The Labute approximate surface area is 195 Å². The van der Waals surface area contributed by atoms with Crippen LogP contribution >= 0.6 is 22.9 Å². The molecule has 1 N–H and O–H groups in total. The predicted octanol–water partition coefficient (Wildman–Crippen LogP) is 2.69. The third-order valence-electron chi connectivity index (χ3n) is 6.27.